The van der Waals surface area contributed by atoms with Crippen LogP contribution in [0, 0.1) is 17.8 Å². The topological polar surface area (TPSA) is 9.23 Å². The van der Waals surface area contributed by atoms with Crippen LogP contribution >= 0.6 is 0 Å². The molecule has 126 valence electrons. The van der Waals surface area contributed by atoms with Crippen molar-refractivity contribution >= 4 is 8.32 Å². The van der Waals surface area contributed by atoms with E-state index in [4.69, 9.17) is 4.43 Å². The van der Waals surface area contributed by atoms with Gasteiger partial charge in [-0.1, -0.05) is 57.7 Å². The van der Waals surface area contributed by atoms with Gasteiger partial charge in [-0.25, -0.2) is 0 Å². The molecule has 1 aromatic rings. The number of hydrogen-bond acceptors (Lipinski definition) is 1. The summed E-state index contributed by atoms with van der Waals surface area (Å²) in [6, 6.07) is 13.7. The van der Waals surface area contributed by atoms with Gasteiger partial charge in [0.05, 0.1) is 5.76 Å². The fourth-order valence-electron chi connectivity index (χ4n) is 2.63. The van der Waals surface area contributed by atoms with E-state index in [1.807, 2.05) is 18.2 Å². The van der Waals surface area contributed by atoms with Gasteiger partial charge in [-0.05, 0) is 49.7 Å². The Labute approximate surface area is 144 Å². The second kappa shape index (κ2) is 9.63. The fraction of sp³-hybridized carbons (Fsp3) is 0.524. The first-order valence-electron chi connectivity index (χ1n) is 8.88. The van der Waals surface area contributed by atoms with Crippen molar-refractivity contribution in [2.75, 3.05) is 0 Å². The summed E-state index contributed by atoms with van der Waals surface area (Å²) in [5.41, 5.74) is 2.38. The minimum Gasteiger partial charge on any atom is -0.547 e. The lowest BCUT2D eigenvalue weighted by Gasteiger charge is -2.31. The lowest BCUT2D eigenvalue weighted by atomic mass is 10.0. The Bertz CT molecular complexity index is 546. The van der Waals surface area contributed by atoms with Crippen molar-refractivity contribution in [1.29, 1.82) is 0 Å². The molecule has 2 heteroatoms. The van der Waals surface area contributed by atoms with Gasteiger partial charge in [-0.3, -0.25) is 0 Å². The van der Waals surface area contributed by atoms with Crippen molar-refractivity contribution in [3.05, 3.63) is 47.2 Å². The van der Waals surface area contributed by atoms with Crippen LogP contribution in [0.5, 0.6) is 0 Å². The third-order valence-electron chi connectivity index (χ3n) is 4.56. The van der Waals surface area contributed by atoms with E-state index in [2.05, 4.69) is 65.5 Å². The molecule has 0 saturated heterocycles. The third-order valence-corrected chi connectivity index (χ3v) is 9.10. The Morgan fingerprint density at radius 3 is 2.09 bits per heavy atom. The van der Waals surface area contributed by atoms with Crippen LogP contribution < -0.4 is 0 Å². The molecule has 1 rings (SSSR count). The van der Waals surface area contributed by atoms with Crippen molar-refractivity contribution in [1.82, 2.24) is 0 Å². The Morgan fingerprint density at radius 2 is 1.61 bits per heavy atom. The molecule has 1 aromatic carbocycles. The van der Waals surface area contributed by atoms with Gasteiger partial charge in [0.25, 0.3) is 0 Å². The average molecular weight is 329 g/mol. The van der Waals surface area contributed by atoms with Crippen LogP contribution in [0.2, 0.25) is 18.1 Å². The van der Waals surface area contributed by atoms with E-state index in [0.717, 1.165) is 12.0 Å². The number of benzene rings is 1. The van der Waals surface area contributed by atoms with Crippen LogP contribution in [0.1, 0.15) is 53.5 Å². The zero-order valence-electron chi connectivity index (χ0n) is 15.7. The van der Waals surface area contributed by atoms with Gasteiger partial charge in [-0.2, -0.15) is 0 Å². The van der Waals surface area contributed by atoms with Crippen molar-refractivity contribution in [3.63, 3.8) is 0 Å². The minimum atomic E-state index is -1.60. The quantitative estimate of drug-likeness (QED) is 0.320. The summed E-state index contributed by atoms with van der Waals surface area (Å²) < 4.78 is 6.62. The highest BCUT2D eigenvalue weighted by molar-refractivity contribution is 6.73. The number of rotatable bonds is 7. The molecule has 0 amide bonds. The van der Waals surface area contributed by atoms with E-state index < -0.39 is 8.32 Å². The molecule has 0 bridgehead atoms. The summed E-state index contributed by atoms with van der Waals surface area (Å²) in [5, 5.41) is 0. The van der Waals surface area contributed by atoms with E-state index in [1.165, 1.54) is 29.5 Å². The lowest BCUT2D eigenvalue weighted by molar-refractivity contribution is 0.366. The molecule has 0 aliphatic rings. The molecule has 1 unspecified atom stereocenters. The maximum atomic E-state index is 6.62. The predicted octanol–water partition coefficient (Wildman–Crippen LogP) is 6.38. The average Bonchev–Trinajstić information content (AvgIpc) is 2.58. The second-order valence-corrected chi connectivity index (χ2v) is 11.2. The molecule has 0 radical (unpaired) electrons. The zero-order chi connectivity index (χ0) is 17.3. The number of allylic oxidation sites excluding steroid dienone is 2. The predicted molar refractivity (Wildman–Crippen MR) is 104 cm³/mol. The highest BCUT2D eigenvalue weighted by Gasteiger charge is 2.31. The molecule has 0 saturated carbocycles. The SMILES string of the molecule is CC[Si](CC)(CC)OC(CC(C)C#Cc1ccccc1)=C(C)C. The zero-order valence-corrected chi connectivity index (χ0v) is 16.7. The number of hydrogen-bond donors (Lipinski definition) is 0. The molecule has 0 spiro atoms. The molecule has 0 aliphatic carbocycles. The first-order chi connectivity index (χ1) is 11.0. The highest BCUT2D eigenvalue weighted by atomic mass is 28.4. The summed E-state index contributed by atoms with van der Waals surface area (Å²) in [6.07, 6.45) is 0.914. The van der Waals surface area contributed by atoms with Crippen LogP contribution in [0.3, 0.4) is 0 Å². The maximum absolute atomic E-state index is 6.62. The first kappa shape index (κ1) is 19.6. The van der Waals surface area contributed by atoms with Crippen LogP contribution in [-0.2, 0) is 4.43 Å². The molecular weight excluding hydrogens is 296 g/mol. The smallest absolute Gasteiger partial charge is 0.250 e. The van der Waals surface area contributed by atoms with Gasteiger partial charge in [0, 0.05) is 17.9 Å². The van der Waals surface area contributed by atoms with Crippen molar-refractivity contribution in [3.8, 4) is 11.8 Å². The van der Waals surface area contributed by atoms with E-state index in [9.17, 15) is 0 Å². The molecule has 0 aliphatic heterocycles. The van der Waals surface area contributed by atoms with Crippen LogP contribution in [0.4, 0.5) is 0 Å². The van der Waals surface area contributed by atoms with E-state index in [1.54, 1.807) is 0 Å². The van der Waals surface area contributed by atoms with Crippen LogP contribution in [-0.4, -0.2) is 8.32 Å². The Morgan fingerprint density at radius 1 is 1.04 bits per heavy atom. The van der Waals surface area contributed by atoms with Gasteiger partial charge in [0.1, 0.15) is 0 Å². The van der Waals surface area contributed by atoms with E-state index in [-0.39, 0.29) is 0 Å². The molecule has 0 heterocycles. The molecule has 0 aromatic heterocycles. The summed E-state index contributed by atoms with van der Waals surface area (Å²) in [6.45, 7) is 13.3. The third kappa shape index (κ3) is 6.27. The molecule has 0 fully saturated rings. The second-order valence-electron chi connectivity index (χ2n) is 6.51. The first-order valence-corrected chi connectivity index (χ1v) is 11.4. The Balaban J connectivity index is 2.82. The van der Waals surface area contributed by atoms with Gasteiger partial charge in [-0.15, -0.1) is 0 Å². The van der Waals surface area contributed by atoms with Gasteiger partial charge >= 0.3 is 0 Å². The van der Waals surface area contributed by atoms with Crippen molar-refractivity contribution in [2.45, 2.75) is 66.1 Å². The fourth-order valence-corrected chi connectivity index (χ4v) is 5.38. The molecular formula is C21H32OSi. The largest absolute Gasteiger partial charge is 0.547 e. The van der Waals surface area contributed by atoms with Crippen molar-refractivity contribution in [2.24, 2.45) is 5.92 Å². The maximum Gasteiger partial charge on any atom is 0.250 e. The Hall–Kier alpha value is -1.46. The van der Waals surface area contributed by atoms with Gasteiger partial charge in [0.2, 0.25) is 8.32 Å². The van der Waals surface area contributed by atoms with E-state index in [0.29, 0.717) is 5.92 Å². The molecule has 0 N–H and O–H groups in total. The van der Waals surface area contributed by atoms with Crippen LogP contribution in [0.25, 0.3) is 0 Å². The normalized spacial score (nSPS) is 12.1. The highest BCUT2D eigenvalue weighted by Crippen LogP contribution is 2.28. The summed E-state index contributed by atoms with van der Waals surface area (Å²) in [7, 11) is -1.60. The summed E-state index contributed by atoms with van der Waals surface area (Å²) in [4.78, 5) is 0. The van der Waals surface area contributed by atoms with Crippen molar-refractivity contribution < 1.29 is 4.43 Å². The summed E-state index contributed by atoms with van der Waals surface area (Å²) in [5.74, 6) is 8.13. The molecule has 1 nitrogen and oxygen atoms in total. The lowest BCUT2D eigenvalue weighted by Crippen LogP contribution is -2.35. The van der Waals surface area contributed by atoms with Gasteiger partial charge in [0.15, 0.2) is 0 Å². The molecule has 1 atom stereocenters. The minimum absolute atomic E-state index is 0.303. The van der Waals surface area contributed by atoms with E-state index >= 15 is 0 Å². The standard InChI is InChI=1S/C21H32OSi/c1-7-23(8-2,9-3)22-21(18(4)5)17-19(6)15-16-20-13-11-10-12-14-20/h10-14,19H,7-9,17H2,1-6H3. The molecule has 23 heavy (non-hydrogen) atoms. The monoisotopic (exact) mass is 328 g/mol. The van der Waals surface area contributed by atoms with Crippen LogP contribution in [0.15, 0.2) is 41.7 Å². The Kier molecular flexibility index (Phi) is 8.20. The summed E-state index contributed by atoms with van der Waals surface area (Å²) >= 11 is 0. The van der Waals surface area contributed by atoms with Gasteiger partial charge < -0.3 is 4.43 Å².